The molecule has 0 aliphatic rings. The van der Waals surface area contributed by atoms with Crippen molar-refractivity contribution in [2.75, 3.05) is 13.1 Å². The van der Waals surface area contributed by atoms with Gasteiger partial charge in [0, 0.05) is 17.6 Å². The first-order valence-electron chi connectivity index (χ1n) is 5.83. The van der Waals surface area contributed by atoms with Gasteiger partial charge in [0.2, 0.25) is 0 Å². The molecule has 0 amide bonds. The van der Waals surface area contributed by atoms with Crippen LogP contribution < -0.4 is 0 Å². The Bertz CT molecular complexity index is 425. The summed E-state index contributed by atoms with van der Waals surface area (Å²) in [5.41, 5.74) is 1.12. The van der Waals surface area contributed by atoms with Crippen LogP contribution in [0.3, 0.4) is 0 Å². The Morgan fingerprint density at radius 1 is 1.56 bits per heavy atom. The Hall–Kier alpha value is -0.580. The molecule has 0 spiro atoms. The Morgan fingerprint density at radius 3 is 2.72 bits per heavy atom. The maximum absolute atomic E-state index is 10.9. The Morgan fingerprint density at radius 2 is 2.22 bits per heavy atom. The number of carboxylic acids is 1. The van der Waals surface area contributed by atoms with Gasteiger partial charge in [-0.2, -0.15) is 0 Å². The SMILES string of the molecule is CCN(Cc1ccc(Cl)c(Br)c1)CC(C)C(=O)O. The van der Waals surface area contributed by atoms with Gasteiger partial charge >= 0.3 is 5.97 Å². The molecule has 1 unspecified atom stereocenters. The molecule has 0 bridgehead atoms. The predicted octanol–water partition coefficient (Wildman–Crippen LogP) is 3.65. The van der Waals surface area contributed by atoms with E-state index in [1.165, 1.54) is 0 Å². The molecule has 0 aromatic heterocycles. The highest BCUT2D eigenvalue weighted by atomic mass is 79.9. The van der Waals surface area contributed by atoms with Crippen molar-refractivity contribution in [2.45, 2.75) is 20.4 Å². The van der Waals surface area contributed by atoms with Crippen molar-refractivity contribution in [3.63, 3.8) is 0 Å². The molecule has 1 aromatic rings. The quantitative estimate of drug-likeness (QED) is 0.863. The van der Waals surface area contributed by atoms with Gasteiger partial charge in [-0.3, -0.25) is 9.69 Å². The van der Waals surface area contributed by atoms with Gasteiger partial charge in [0.1, 0.15) is 0 Å². The lowest BCUT2D eigenvalue weighted by molar-refractivity contribution is -0.141. The number of rotatable bonds is 6. The minimum Gasteiger partial charge on any atom is -0.481 e. The normalized spacial score (nSPS) is 12.7. The number of aliphatic carboxylic acids is 1. The van der Waals surface area contributed by atoms with E-state index < -0.39 is 5.97 Å². The molecule has 1 aromatic carbocycles. The van der Waals surface area contributed by atoms with Crippen molar-refractivity contribution in [3.8, 4) is 0 Å². The number of hydrogen-bond acceptors (Lipinski definition) is 2. The summed E-state index contributed by atoms with van der Waals surface area (Å²) in [7, 11) is 0. The molecule has 0 heterocycles. The summed E-state index contributed by atoms with van der Waals surface area (Å²) >= 11 is 9.33. The van der Waals surface area contributed by atoms with E-state index in [-0.39, 0.29) is 5.92 Å². The highest BCUT2D eigenvalue weighted by Gasteiger charge is 2.15. The van der Waals surface area contributed by atoms with Crippen molar-refractivity contribution >= 4 is 33.5 Å². The molecule has 100 valence electrons. The largest absolute Gasteiger partial charge is 0.481 e. The molecule has 0 radical (unpaired) electrons. The van der Waals surface area contributed by atoms with Crippen LogP contribution in [0.1, 0.15) is 19.4 Å². The second-order valence-corrected chi connectivity index (χ2v) is 5.58. The second-order valence-electron chi connectivity index (χ2n) is 4.32. The molecule has 18 heavy (non-hydrogen) atoms. The number of carbonyl (C=O) groups is 1. The van der Waals surface area contributed by atoms with Crippen LogP contribution in [0.5, 0.6) is 0 Å². The van der Waals surface area contributed by atoms with Gasteiger partial charge < -0.3 is 5.11 Å². The third-order valence-corrected chi connectivity index (χ3v) is 4.00. The zero-order valence-corrected chi connectivity index (χ0v) is 12.8. The van der Waals surface area contributed by atoms with Crippen LogP contribution in [-0.4, -0.2) is 29.1 Å². The molecule has 0 aliphatic carbocycles. The molecule has 0 saturated heterocycles. The fourth-order valence-electron chi connectivity index (χ4n) is 1.67. The van der Waals surface area contributed by atoms with E-state index in [2.05, 4.69) is 20.8 Å². The zero-order chi connectivity index (χ0) is 13.7. The summed E-state index contributed by atoms with van der Waals surface area (Å²) in [6.45, 7) is 5.84. The minimum atomic E-state index is -0.759. The van der Waals surface area contributed by atoms with E-state index in [4.69, 9.17) is 16.7 Å². The van der Waals surface area contributed by atoms with Gasteiger partial charge in [0.05, 0.1) is 10.9 Å². The summed E-state index contributed by atoms with van der Waals surface area (Å²) in [6, 6.07) is 5.77. The standard InChI is InChI=1S/C13H17BrClNO2/c1-3-16(7-9(2)13(17)18)8-10-4-5-12(15)11(14)6-10/h4-6,9H,3,7-8H2,1-2H3,(H,17,18). The molecule has 0 aliphatic heterocycles. The van der Waals surface area contributed by atoms with E-state index >= 15 is 0 Å². The number of nitrogens with zero attached hydrogens (tertiary/aromatic N) is 1. The van der Waals surface area contributed by atoms with E-state index in [9.17, 15) is 4.79 Å². The van der Waals surface area contributed by atoms with Crippen LogP contribution in [0.25, 0.3) is 0 Å². The van der Waals surface area contributed by atoms with Gasteiger partial charge in [-0.05, 0) is 40.2 Å². The summed E-state index contributed by atoms with van der Waals surface area (Å²) in [5, 5.41) is 9.60. The van der Waals surface area contributed by atoms with Crippen LogP contribution >= 0.6 is 27.5 Å². The molecule has 1 rings (SSSR count). The van der Waals surface area contributed by atoms with Crippen molar-refractivity contribution < 1.29 is 9.90 Å². The summed E-state index contributed by atoms with van der Waals surface area (Å²) in [6.07, 6.45) is 0. The molecule has 0 fully saturated rings. The predicted molar refractivity (Wildman–Crippen MR) is 76.9 cm³/mol. The zero-order valence-electron chi connectivity index (χ0n) is 10.5. The first kappa shape index (κ1) is 15.5. The number of benzene rings is 1. The van der Waals surface area contributed by atoms with Crippen LogP contribution in [0, 0.1) is 5.92 Å². The molecule has 3 nitrogen and oxygen atoms in total. The van der Waals surface area contributed by atoms with E-state index in [1.54, 1.807) is 6.92 Å². The Labute approximate surface area is 121 Å². The average Bonchev–Trinajstić information content (AvgIpc) is 2.32. The second kappa shape index (κ2) is 7.12. The van der Waals surface area contributed by atoms with Crippen LogP contribution in [0.2, 0.25) is 5.02 Å². The fraction of sp³-hybridized carbons (Fsp3) is 0.462. The van der Waals surface area contributed by atoms with Gasteiger partial charge in [-0.25, -0.2) is 0 Å². The molecule has 5 heteroatoms. The number of carboxylic acid groups (broad SMARTS) is 1. The van der Waals surface area contributed by atoms with E-state index in [1.807, 2.05) is 25.1 Å². The van der Waals surface area contributed by atoms with Crippen molar-refractivity contribution in [1.82, 2.24) is 4.90 Å². The Balaban J connectivity index is 2.67. The lowest BCUT2D eigenvalue weighted by Gasteiger charge is -2.22. The fourth-order valence-corrected chi connectivity index (χ4v) is 2.21. The number of halogens is 2. The topological polar surface area (TPSA) is 40.5 Å². The molecule has 1 atom stereocenters. The first-order chi connectivity index (χ1) is 8.43. The van der Waals surface area contributed by atoms with Gasteiger partial charge in [0.15, 0.2) is 0 Å². The van der Waals surface area contributed by atoms with Gasteiger partial charge in [-0.1, -0.05) is 31.5 Å². The maximum Gasteiger partial charge on any atom is 0.307 e. The third kappa shape index (κ3) is 4.59. The maximum atomic E-state index is 10.9. The molecular formula is C13H17BrClNO2. The minimum absolute atomic E-state index is 0.360. The number of hydrogen-bond donors (Lipinski definition) is 1. The van der Waals surface area contributed by atoms with Crippen molar-refractivity contribution in [1.29, 1.82) is 0 Å². The monoisotopic (exact) mass is 333 g/mol. The first-order valence-corrected chi connectivity index (χ1v) is 7.00. The van der Waals surface area contributed by atoms with Gasteiger partial charge in [0.25, 0.3) is 0 Å². The summed E-state index contributed by atoms with van der Waals surface area (Å²) in [4.78, 5) is 13.0. The van der Waals surface area contributed by atoms with Crippen molar-refractivity contribution in [3.05, 3.63) is 33.3 Å². The smallest absolute Gasteiger partial charge is 0.307 e. The van der Waals surface area contributed by atoms with E-state index in [0.717, 1.165) is 23.1 Å². The average molecular weight is 335 g/mol. The highest BCUT2D eigenvalue weighted by Crippen LogP contribution is 2.23. The van der Waals surface area contributed by atoms with Crippen LogP contribution in [-0.2, 0) is 11.3 Å². The summed E-state index contributed by atoms with van der Waals surface area (Å²) in [5.74, 6) is -1.12. The third-order valence-electron chi connectivity index (χ3n) is 2.79. The van der Waals surface area contributed by atoms with Crippen LogP contribution in [0.15, 0.2) is 22.7 Å². The molecule has 1 N–H and O–H groups in total. The summed E-state index contributed by atoms with van der Waals surface area (Å²) < 4.78 is 0.865. The van der Waals surface area contributed by atoms with E-state index in [0.29, 0.717) is 11.6 Å². The van der Waals surface area contributed by atoms with Gasteiger partial charge in [-0.15, -0.1) is 0 Å². The van der Waals surface area contributed by atoms with Crippen LogP contribution in [0.4, 0.5) is 0 Å². The highest BCUT2D eigenvalue weighted by molar-refractivity contribution is 9.10. The molecular weight excluding hydrogens is 318 g/mol. The Kier molecular flexibility index (Phi) is 6.12. The lowest BCUT2D eigenvalue weighted by atomic mass is 10.1. The lowest BCUT2D eigenvalue weighted by Crippen LogP contribution is -2.31. The molecule has 0 saturated carbocycles. The van der Waals surface area contributed by atoms with Crippen molar-refractivity contribution in [2.24, 2.45) is 5.92 Å².